The van der Waals surface area contributed by atoms with E-state index in [0.717, 1.165) is 25.7 Å². The van der Waals surface area contributed by atoms with E-state index in [1.165, 1.54) is 11.3 Å². The highest BCUT2D eigenvalue weighted by atomic mass is 32.1. The average molecular weight is 367 g/mol. The first kappa shape index (κ1) is 17.5. The van der Waals surface area contributed by atoms with Crippen molar-refractivity contribution in [1.82, 2.24) is 10.6 Å². The third-order valence-corrected chi connectivity index (χ3v) is 5.38. The normalized spacial score (nSPS) is 25.9. The number of alkyl carbamates (subject to hydrolysis) is 1. The van der Waals surface area contributed by atoms with E-state index in [1.807, 2.05) is 0 Å². The lowest BCUT2D eigenvalue weighted by molar-refractivity contribution is -0.119. The molecule has 25 heavy (non-hydrogen) atoms. The molecule has 1 aliphatic carbocycles. The summed E-state index contributed by atoms with van der Waals surface area (Å²) in [5.74, 6) is -1.02. The van der Waals surface area contributed by atoms with Gasteiger partial charge in [-0.25, -0.2) is 9.59 Å². The Morgan fingerprint density at radius 3 is 2.60 bits per heavy atom. The molecule has 2 heterocycles. The molecule has 0 unspecified atom stereocenters. The molecule has 0 bridgehead atoms. The number of aromatic carboxylic acids is 1. The number of anilines is 1. The van der Waals surface area contributed by atoms with Crippen molar-refractivity contribution in [2.75, 3.05) is 11.9 Å². The van der Waals surface area contributed by atoms with Crippen molar-refractivity contribution in [2.45, 2.75) is 50.3 Å². The molecular weight excluding hydrogens is 346 g/mol. The number of carboxylic acid groups (broad SMARTS) is 1. The van der Waals surface area contributed by atoms with Crippen LogP contribution in [0.15, 0.2) is 11.4 Å². The Morgan fingerprint density at radius 1 is 1.24 bits per heavy atom. The van der Waals surface area contributed by atoms with Crippen LogP contribution in [0.25, 0.3) is 0 Å². The van der Waals surface area contributed by atoms with Gasteiger partial charge in [0.05, 0.1) is 18.7 Å². The third kappa shape index (κ3) is 4.62. The minimum atomic E-state index is -0.921. The van der Waals surface area contributed by atoms with Crippen LogP contribution in [0.2, 0.25) is 0 Å². The summed E-state index contributed by atoms with van der Waals surface area (Å²) in [5, 5.41) is 19.7. The smallest absolute Gasteiger partial charge is 0.407 e. The van der Waals surface area contributed by atoms with Gasteiger partial charge in [0, 0.05) is 12.1 Å². The summed E-state index contributed by atoms with van der Waals surface area (Å²) in [5.41, 5.74) is 0.659. The van der Waals surface area contributed by atoms with E-state index in [9.17, 15) is 14.4 Å². The summed E-state index contributed by atoms with van der Waals surface area (Å²) in [7, 11) is 0. The zero-order valence-corrected chi connectivity index (χ0v) is 14.4. The van der Waals surface area contributed by atoms with E-state index < -0.39 is 18.2 Å². The van der Waals surface area contributed by atoms with Gasteiger partial charge in [-0.15, -0.1) is 11.3 Å². The number of amides is 2. The molecule has 8 nitrogen and oxygen atoms in total. The lowest BCUT2D eigenvalue weighted by atomic mass is 9.91. The van der Waals surface area contributed by atoms with Gasteiger partial charge >= 0.3 is 12.1 Å². The molecule has 136 valence electrons. The molecule has 0 aromatic carbocycles. The lowest BCUT2D eigenvalue weighted by Gasteiger charge is -2.30. The molecule has 0 spiro atoms. The molecule has 1 aromatic heterocycles. The fraction of sp³-hybridized carbons (Fsp3) is 0.562. The zero-order valence-electron chi connectivity index (χ0n) is 13.6. The SMILES string of the molecule is O=C1C[C@@H](OC(=O)NC2CCC(Nc3ccsc3C(=O)O)CC2)CN1. The second kappa shape index (κ2) is 7.73. The molecule has 0 radical (unpaired) electrons. The van der Waals surface area contributed by atoms with Gasteiger partial charge in [-0.2, -0.15) is 0 Å². The lowest BCUT2D eigenvalue weighted by Crippen LogP contribution is -2.41. The van der Waals surface area contributed by atoms with Gasteiger partial charge in [-0.3, -0.25) is 4.79 Å². The largest absolute Gasteiger partial charge is 0.477 e. The third-order valence-electron chi connectivity index (χ3n) is 4.48. The van der Waals surface area contributed by atoms with Gasteiger partial charge in [0.25, 0.3) is 0 Å². The summed E-state index contributed by atoms with van der Waals surface area (Å²) < 4.78 is 5.23. The molecule has 1 saturated carbocycles. The number of nitrogens with one attached hydrogen (secondary N) is 3. The molecule has 1 aliphatic heterocycles. The molecule has 4 N–H and O–H groups in total. The Labute approximate surface area is 148 Å². The van der Waals surface area contributed by atoms with E-state index in [0.29, 0.717) is 17.1 Å². The number of ether oxygens (including phenoxy) is 1. The number of carbonyl (C=O) groups is 3. The molecule has 2 fully saturated rings. The van der Waals surface area contributed by atoms with Gasteiger partial charge in [0.2, 0.25) is 5.91 Å². The van der Waals surface area contributed by atoms with Crippen LogP contribution in [0, 0.1) is 0 Å². The number of carbonyl (C=O) groups excluding carboxylic acids is 2. The van der Waals surface area contributed by atoms with Crippen molar-refractivity contribution < 1.29 is 24.2 Å². The summed E-state index contributed by atoms with van der Waals surface area (Å²) in [6, 6.07) is 2.02. The second-order valence-corrected chi connectivity index (χ2v) is 7.26. The topological polar surface area (TPSA) is 117 Å². The quantitative estimate of drug-likeness (QED) is 0.630. The first-order valence-electron chi connectivity index (χ1n) is 8.32. The van der Waals surface area contributed by atoms with Gasteiger partial charge < -0.3 is 25.8 Å². The number of hydrogen-bond acceptors (Lipinski definition) is 6. The summed E-state index contributed by atoms with van der Waals surface area (Å²) in [6.07, 6.45) is 2.61. The monoisotopic (exact) mass is 367 g/mol. The first-order valence-corrected chi connectivity index (χ1v) is 9.20. The number of rotatable bonds is 5. The average Bonchev–Trinajstić information content (AvgIpc) is 3.18. The van der Waals surface area contributed by atoms with Crippen LogP contribution in [0.4, 0.5) is 10.5 Å². The highest BCUT2D eigenvalue weighted by molar-refractivity contribution is 7.12. The molecular formula is C16H21N3O5S. The Hall–Kier alpha value is -2.29. The predicted octanol–water partition coefficient (Wildman–Crippen LogP) is 1.78. The van der Waals surface area contributed by atoms with Crippen LogP contribution >= 0.6 is 11.3 Å². The van der Waals surface area contributed by atoms with Crippen LogP contribution < -0.4 is 16.0 Å². The van der Waals surface area contributed by atoms with Crippen LogP contribution in [-0.2, 0) is 9.53 Å². The maximum atomic E-state index is 11.9. The van der Waals surface area contributed by atoms with Gasteiger partial charge in [-0.1, -0.05) is 0 Å². The van der Waals surface area contributed by atoms with Crippen molar-refractivity contribution >= 4 is 35.0 Å². The van der Waals surface area contributed by atoms with E-state index in [4.69, 9.17) is 9.84 Å². The fourth-order valence-electron chi connectivity index (χ4n) is 3.20. The summed E-state index contributed by atoms with van der Waals surface area (Å²) in [6.45, 7) is 0.371. The van der Waals surface area contributed by atoms with E-state index in [2.05, 4.69) is 16.0 Å². The molecule has 2 amide bonds. The van der Waals surface area contributed by atoms with Crippen molar-refractivity contribution in [2.24, 2.45) is 0 Å². The van der Waals surface area contributed by atoms with Crippen molar-refractivity contribution in [1.29, 1.82) is 0 Å². The van der Waals surface area contributed by atoms with Crippen molar-refractivity contribution in [3.05, 3.63) is 16.3 Å². The fourth-order valence-corrected chi connectivity index (χ4v) is 3.90. The Morgan fingerprint density at radius 2 is 1.96 bits per heavy atom. The molecule has 1 atom stereocenters. The first-order chi connectivity index (χ1) is 12.0. The Kier molecular flexibility index (Phi) is 5.42. The molecule has 1 saturated heterocycles. The van der Waals surface area contributed by atoms with Crippen molar-refractivity contribution in [3.63, 3.8) is 0 Å². The second-order valence-electron chi connectivity index (χ2n) is 6.34. The minimum absolute atomic E-state index is 0.0389. The van der Waals surface area contributed by atoms with Crippen LogP contribution in [0.3, 0.4) is 0 Å². The highest BCUT2D eigenvalue weighted by Crippen LogP contribution is 2.27. The van der Waals surface area contributed by atoms with E-state index >= 15 is 0 Å². The van der Waals surface area contributed by atoms with Crippen LogP contribution in [0.1, 0.15) is 41.8 Å². The number of carboxylic acids is 1. The standard InChI is InChI=1S/C16H21N3O5S/c20-13-7-11(8-17-13)24-16(23)19-10-3-1-9(2-4-10)18-12-5-6-25-14(12)15(21)22/h5-6,9-11,18H,1-4,7-8H2,(H,17,20)(H,19,23)(H,21,22)/t9?,10?,11-/m1/s1. The van der Waals surface area contributed by atoms with E-state index in [-0.39, 0.29) is 24.4 Å². The summed E-state index contributed by atoms with van der Waals surface area (Å²) >= 11 is 1.21. The molecule has 2 aliphatic rings. The van der Waals surface area contributed by atoms with Gasteiger partial charge in [-0.05, 0) is 37.1 Å². The van der Waals surface area contributed by atoms with Gasteiger partial charge in [0.15, 0.2) is 0 Å². The van der Waals surface area contributed by atoms with Crippen LogP contribution in [-0.4, -0.2) is 47.8 Å². The summed E-state index contributed by atoms with van der Waals surface area (Å²) in [4.78, 5) is 34.4. The zero-order chi connectivity index (χ0) is 17.8. The number of hydrogen-bond donors (Lipinski definition) is 4. The molecule has 9 heteroatoms. The van der Waals surface area contributed by atoms with Crippen LogP contribution in [0.5, 0.6) is 0 Å². The van der Waals surface area contributed by atoms with E-state index in [1.54, 1.807) is 11.4 Å². The van der Waals surface area contributed by atoms with Gasteiger partial charge in [0.1, 0.15) is 11.0 Å². The molecule has 3 rings (SSSR count). The Balaban J connectivity index is 1.41. The highest BCUT2D eigenvalue weighted by Gasteiger charge is 2.28. The molecule has 1 aromatic rings. The maximum Gasteiger partial charge on any atom is 0.407 e. The maximum absolute atomic E-state index is 11.9. The predicted molar refractivity (Wildman–Crippen MR) is 92.0 cm³/mol. The minimum Gasteiger partial charge on any atom is -0.477 e. The van der Waals surface area contributed by atoms with Crippen molar-refractivity contribution in [3.8, 4) is 0 Å². The number of thiophene rings is 1. The Bertz CT molecular complexity index is 654.